The van der Waals surface area contributed by atoms with Gasteiger partial charge < -0.3 is 15.1 Å². The van der Waals surface area contributed by atoms with Gasteiger partial charge in [0.25, 0.3) is 0 Å². The predicted molar refractivity (Wildman–Crippen MR) is 108 cm³/mol. The number of hydrogen-bond donors (Lipinski definition) is 2. The summed E-state index contributed by atoms with van der Waals surface area (Å²) >= 11 is 0. The fourth-order valence-electron chi connectivity index (χ4n) is 3.08. The molecule has 0 saturated heterocycles. The quantitative estimate of drug-likeness (QED) is 0.530. The second-order valence-corrected chi connectivity index (χ2v) is 8.30. The molecule has 8 heteroatoms. The first-order valence-corrected chi connectivity index (χ1v) is 10.8. The van der Waals surface area contributed by atoms with Crippen LogP contribution in [0.3, 0.4) is 0 Å². The Morgan fingerprint density at radius 3 is 2.85 bits per heavy atom. The standard InChI is InChI=1S/C19H26N4O3S/c1-2-20-19(21-11-9-17-7-5-14-26-17)22-12-15-27(24,25)23-13-10-16-6-3-4-8-18(16)23/h3-8,14H,2,9-13,15H2,1H3,(H2,20,21,22). The van der Waals surface area contributed by atoms with Crippen molar-refractivity contribution >= 4 is 21.7 Å². The second-order valence-electron chi connectivity index (χ2n) is 6.28. The lowest BCUT2D eigenvalue weighted by Gasteiger charge is -2.19. The molecular formula is C19H26N4O3S. The summed E-state index contributed by atoms with van der Waals surface area (Å²) < 4.78 is 32.2. The lowest BCUT2D eigenvalue weighted by atomic mass is 10.2. The fourth-order valence-corrected chi connectivity index (χ4v) is 4.47. The molecule has 1 aliphatic heterocycles. The maximum Gasteiger partial charge on any atom is 0.237 e. The summed E-state index contributed by atoms with van der Waals surface area (Å²) in [5, 5.41) is 6.33. The molecule has 0 radical (unpaired) electrons. The van der Waals surface area contributed by atoms with Gasteiger partial charge in [-0.05, 0) is 37.1 Å². The van der Waals surface area contributed by atoms with E-state index in [1.54, 1.807) is 6.26 Å². The summed E-state index contributed by atoms with van der Waals surface area (Å²) in [4.78, 5) is 4.40. The molecule has 146 valence electrons. The molecule has 7 nitrogen and oxygen atoms in total. The zero-order valence-electron chi connectivity index (χ0n) is 15.5. The second kappa shape index (κ2) is 8.94. The number of aliphatic imine (C=N–C) groups is 1. The molecule has 2 heterocycles. The number of rotatable bonds is 8. The number of nitrogens with one attached hydrogen (secondary N) is 2. The third-order valence-electron chi connectivity index (χ3n) is 4.39. The minimum Gasteiger partial charge on any atom is -0.469 e. The highest BCUT2D eigenvalue weighted by molar-refractivity contribution is 7.92. The molecule has 2 aromatic rings. The first-order valence-electron chi connectivity index (χ1n) is 9.23. The van der Waals surface area contributed by atoms with E-state index in [0.29, 0.717) is 25.6 Å². The van der Waals surface area contributed by atoms with Gasteiger partial charge in [0.1, 0.15) is 5.76 Å². The fraction of sp³-hybridized carbons (Fsp3) is 0.421. The van der Waals surface area contributed by atoms with E-state index in [2.05, 4.69) is 15.6 Å². The Hall–Kier alpha value is -2.48. The predicted octanol–water partition coefficient (Wildman–Crippen LogP) is 1.77. The van der Waals surface area contributed by atoms with Crippen LogP contribution in [0.1, 0.15) is 18.2 Å². The Balaban J connectivity index is 1.54. The molecule has 0 amide bonds. The van der Waals surface area contributed by atoms with Crippen molar-refractivity contribution in [1.82, 2.24) is 10.6 Å². The van der Waals surface area contributed by atoms with Crippen LogP contribution in [0.5, 0.6) is 0 Å². The zero-order chi connectivity index (χ0) is 19.1. The van der Waals surface area contributed by atoms with Gasteiger partial charge in [0.05, 0.1) is 24.2 Å². The van der Waals surface area contributed by atoms with Crippen LogP contribution in [0, 0.1) is 0 Å². The molecule has 1 aromatic heterocycles. The average molecular weight is 391 g/mol. The first kappa shape index (κ1) is 19.3. The van der Waals surface area contributed by atoms with Crippen LogP contribution in [-0.2, 0) is 22.9 Å². The number of furan rings is 1. The molecule has 1 aromatic carbocycles. The molecule has 0 saturated carbocycles. The number of hydrogen-bond acceptors (Lipinski definition) is 4. The molecular weight excluding hydrogens is 364 g/mol. The number of benzene rings is 1. The van der Waals surface area contributed by atoms with E-state index in [1.165, 1.54) is 4.31 Å². The van der Waals surface area contributed by atoms with Gasteiger partial charge in [-0.25, -0.2) is 8.42 Å². The van der Waals surface area contributed by atoms with Gasteiger partial charge >= 0.3 is 0 Å². The van der Waals surface area contributed by atoms with Crippen LogP contribution >= 0.6 is 0 Å². The van der Waals surface area contributed by atoms with Crippen LogP contribution in [0.15, 0.2) is 52.1 Å². The third kappa shape index (κ3) is 5.03. The molecule has 3 rings (SSSR count). The van der Waals surface area contributed by atoms with E-state index >= 15 is 0 Å². The summed E-state index contributed by atoms with van der Waals surface area (Å²) in [6.45, 7) is 4.05. The van der Waals surface area contributed by atoms with Crippen LogP contribution in [0.4, 0.5) is 5.69 Å². The normalized spacial score (nSPS) is 14.3. The monoisotopic (exact) mass is 390 g/mol. The van der Waals surface area contributed by atoms with Gasteiger partial charge in [-0.1, -0.05) is 18.2 Å². The number of para-hydroxylation sites is 1. The molecule has 1 aliphatic rings. The molecule has 0 unspecified atom stereocenters. The molecule has 2 N–H and O–H groups in total. The van der Waals surface area contributed by atoms with Crippen molar-refractivity contribution in [2.75, 3.05) is 36.2 Å². The molecule has 27 heavy (non-hydrogen) atoms. The van der Waals surface area contributed by atoms with Gasteiger partial charge in [-0.15, -0.1) is 0 Å². The van der Waals surface area contributed by atoms with Gasteiger partial charge in [-0.3, -0.25) is 9.30 Å². The van der Waals surface area contributed by atoms with Crippen molar-refractivity contribution in [3.8, 4) is 0 Å². The highest BCUT2D eigenvalue weighted by Gasteiger charge is 2.28. The number of nitrogens with zero attached hydrogens (tertiary/aromatic N) is 2. The highest BCUT2D eigenvalue weighted by Crippen LogP contribution is 2.29. The zero-order valence-corrected chi connectivity index (χ0v) is 16.3. The van der Waals surface area contributed by atoms with Gasteiger partial charge in [-0.2, -0.15) is 0 Å². The summed E-state index contributed by atoms with van der Waals surface area (Å²) in [5.74, 6) is 1.49. The van der Waals surface area contributed by atoms with E-state index in [-0.39, 0.29) is 12.3 Å². The first-order chi connectivity index (χ1) is 13.1. The largest absolute Gasteiger partial charge is 0.469 e. The van der Waals surface area contributed by atoms with Gasteiger partial charge in [0.15, 0.2) is 5.96 Å². The molecule has 0 spiro atoms. The highest BCUT2D eigenvalue weighted by atomic mass is 32.2. The van der Waals surface area contributed by atoms with E-state index in [0.717, 1.165) is 29.9 Å². The van der Waals surface area contributed by atoms with E-state index in [4.69, 9.17) is 4.42 Å². The van der Waals surface area contributed by atoms with E-state index < -0.39 is 10.0 Å². The minimum atomic E-state index is -3.38. The summed E-state index contributed by atoms with van der Waals surface area (Å²) in [5.41, 5.74) is 1.88. The Kier molecular flexibility index (Phi) is 6.39. The average Bonchev–Trinajstić information content (AvgIpc) is 3.31. The van der Waals surface area contributed by atoms with Crippen LogP contribution in [0.25, 0.3) is 0 Å². The van der Waals surface area contributed by atoms with Crippen molar-refractivity contribution in [2.45, 2.75) is 19.8 Å². The minimum absolute atomic E-state index is 0.0178. The van der Waals surface area contributed by atoms with E-state index in [9.17, 15) is 8.42 Å². The Morgan fingerprint density at radius 1 is 1.22 bits per heavy atom. The third-order valence-corrected chi connectivity index (χ3v) is 6.14. The van der Waals surface area contributed by atoms with Crippen LogP contribution in [0.2, 0.25) is 0 Å². The number of anilines is 1. The molecule has 0 fully saturated rings. The van der Waals surface area contributed by atoms with Crippen LogP contribution in [-0.4, -0.2) is 46.3 Å². The van der Waals surface area contributed by atoms with Crippen LogP contribution < -0.4 is 14.9 Å². The van der Waals surface area contributed by atoms with Gasteiger partial charge in [0.2, 0.25) is 10.0 Å². The summed E-state index contributed by atoms with van der Waals surface area (Å²) in [7, 11) is -3.38. The maximum absolute atomic E-state index is 12.7. The van der Waals surface area contributed by atoms with Crippen molar-refractivity contribution < 1.29 is 12.8 Å². The summed E-state index contributed by atoms with van der Waals surface area (Å²) in [6, 6.07) is 11.4. The van der Waals surface area contributed by atoms with Gasteiger partial charge in [0, 0.05) is 26.1 Å². The van der Waals surface area contributed by atoms with Crippen molar-refractivity contribution in [2.24, 2.45) is 4.99 Å². The molecule has 0 aliphatic carbocycles. The Morgan fingerprint density at radius 2 is 2.07 bits per heavy atom. The maximum atomic E-state index is 12.7. The van der Waals surface area contributed by atoms with E-state index in [1.807, 2.05) is 43.3 Å². The van der Waals surface area contributed by atoms with Crippen molar-refractivity contribution in [1.29, 1.82) is 0 Å². The Bertz CT molecular complexity index is 863. The van der Waals surface area contributed by atoms with Crippen molar-refractivity contribution in [3.63, 3.8) is 0 Å². The SMILES string of the molecule is CCNC(=NCCS(=O)(=O)N1CCc2ccccc21)NCCc1ccco1. The smallest absolute Gasteiger partial charge is 0.237 e. The lowest BCUT2D eigenvalue weighted by Crippen LogP contribution is -2.39. The number of sulfonamides is 1. The molecule has 0 atom stereocenters. The lowest BCUT2D eigenvalue weighted by molar-refractivity contribution is 0.507. The Labute approximate surface area is 160 Å². The number of guanidine groups is 1. The summed E-state index contributed by atoms with van der Waals surface area (Å²) in [6.07, 6.45) is 3.14. The van der Waals surface area contributed by atoms with Crippen molar-refractivity contribution in [3.05, 3.63) is 54.0 Å². The molecule has 0 bridgehead atoms. The number of fused-ring (bicyclic) bond motifs is 1. The topological polar surface area (TPSA) is 86.9 Å².